The second-order valence-electron chi connectivity index (χ2n) is 8.02. The number of unbranched alkanes of at least 4 members (excludes halogenated alkanes) is 1. The highest BCUT2D eigenvalue weighted by atomic mass is 31.2. The molecule has 0 aromatic heterocycles. The van der Waals surface area contributed by atoms with Gasteiger partial charge in [0.2, 0.25) is 0 Å². The van der Waals surface area contributed by atoms with E-state index in [4.69, 9.17) is 4.52 Å². The fourth-order valence-electron chi connectivity index (χ4n) is 3.41. The van der Waals surface area contributed by atoms with Crippen molar-refractivity contribution in [1.29, 1.82) is 0 Å². The van der Waals surface area contributed by atoms with Gasteiger partial charge in [-0.2, -0.15) is 0 Å². The molecule has 0 spiro atoms. The Hall–Kier alpha value is -2.55. The molecule has 3 aromatic carbocycles. The molecule has 0 radical (unpaired) electrons. The summed E-state index contributed by atoms with van der Waals surface area (Å²) in [5.41, 5.74) is 4.09. The van der Waals surface area contributed by atoms with E-state index in [1.165, 1.54) is 5.56 Å². The van der Waals surface area contributed by atoms with E-state index in [1.54, 1.807) is 0 Å². The van der Waals surface area contributed by atoms with Gasteiger partial charge in [-0.3, -0.25) is 4.57 Å². The first-order chi connectivity index (χ1) is 14.9. The molecule has 0 amide bonds. The average Bonchev–Trinajstić information content (AvgIpc) is 2.79. The predicted molar refractivity (Wildman–Crippen MR) is 133 cm³/mol. The number of para-hydroxylation sites is 1. The molecule has 5 heteroatoms. The van der Waals surface area contributed by atoms with E-state index in [0.29, 0.717) is 6.61 Å². The van der Waals surface area contributed by atoms with Crippen LogP contribution in [-0.4, -0.2) is 20.7 Å². The summed E-state index contributed by atoms with van der Waals surface area (Å²) in [5.74, 6) is -0.488. The maximum atomic E-state index is 14.7. The van der Waals surface area contributed by atoms with Crippen molar-refractivity contribution in [3.63, 3.8) is 0 Å². The van der Waals surface area contributed by atoms with Gasteiger partial charge in [-0.15, -0.1) is 0 Å². The molecule has 0 aliphatic rings. The van der Waals surface area contributed by atoms with E-state index in [0.717, 1.165) is 35.1 Å². The lowest BCUT2D eigenvalue weighted by molar-refractivity contribution is 0.308. The topological polar surface area (TPSA) is 41.6 Å². The SMILES string of the molecule is CCCCO[P@@](=O)(c1ccc(N(C)C)cc1)[C@@H](Nc1ccccc1)c1ccc(C)cc1. The Bertz CT molecular complexity index is 986. The van der Waals surface area contributed by atoms with Gasteiger partial charge in [-0.1, -0.05) is 61.4 Å². The fraction of sp³-hybridized carbons (Fsp3) is 0.308. The molecule has 3 rings (SSSR count). The summed E-state index contributed by atoms with van der Waals surface area (Å²) in [7, 11) is 0.703. The monoisotopic (exact) mass is 436 g/mol. The quantitative estimate of drug-likeness (QED) is 0.287. The molecule has 3 aromatic rings. The number of nitrogens with one attached hydrogen (secondary N) is 1. The van der Waals surface area contributed by atoms with Crippen molar-refractivity contribution in [3.8, 4) is 0 Å². The van der Waals surface area contributed by atoms with Gasteiger partial charge < -0.3 is 14.7 Å². The summed E-state index contributed by atoms with van der Waals surface area (Å²) in [4.78, 5) is 2.03. The Morgan fingerprint density at radius 2 is 1.58 bits per heavy atom. The molecular formula is C26H33N2O2P. The van der Waals surface area contributed by atoms with Crippen molar-refractivity contribution in [1.82, 2.24) is 0 Å². The van der Waals surface area contributed by atoms with Crippen LogP contribution in [0.4, 0.5) is 11.4 Å². The highest BCUT2D eigenvalue weighted by molar-refractivity contribution is 7.67. The molecule has 2 atom stereocenters. The van der Waals surface area contributed by atoms with Crippen LogP contribution in [0, 0.1) is 6.92 Å². The van der Waals surface area contributed by atoms with Gasteiger partial charge >= 0.3 is 0 Å². The largest absolute Gasteiger partial charge is 0.378 e. The second-order valence-corrected chi connectivity index (χ2v) is 10.5. The summed E-state index contributed by atoms with van der Waals surface area (Å²) < 4.78 is 20.9. The van der Waals surface area contributed by atoms with Gasteiger partial charge in [-0.25, -0.2) is 0 Å². The first-order valence-electron chi connectivity index (χ1n) is 10.8. The van der Waals surface area contributed by atoms with Gasteiger partial charge in [0.05, 0.1) is 6.61 Å². The molecule has 0 fully saturated rings. The van der Waals surface area contributed by atoms with Crippen molar-refractivity contribution in [3.05, 3.63) is 90.0 Å². The molecule has 0 aliphatic heterocycles. The van der Waals surface area contributed by atoms with Gasteiger partial charge in [-0.05, 0) is 55.3 Å². The van der Waals surface area contributed by atoms with Crippen molar-refractivity contribution >= 4 is 24.0 Å². The lowest BCUT2D eigenvalue weighted by atomic mass is 10.1. The van der Waals surface area contributed by atoms with E-state index < -0.39 is 13.2 Å². The molecular weight excluding hydrogens is 403 g/mol. The third kappa shape index (κ3) is 5.78. The Morgan fingerprint density at radius 3 is 2.16 bits per heavy atom. The lowest BCUT2D eigenvalue weighted by Gasteiger charge is -2.30. The molecule has 0 saturated heterocycles. The minimum Gasteiger partial charge on any atom is -0.378 e. The Balaban J connectivity index is 2.08. The maximum absolute atomic E-state index is 14.7. The van der Waals surface area contributed by atoms with Crippen LogP contribution in [0.3, 0.4) is 0 Å². The standard InChI is InChI=1S/C26H33N2O2P/c1-5-6-20-30-31(29,25-18-16-24(17-19-25)28(3)4)26(22-14-12-21(2)13-15-22)27-23-10-8-7-9-11-23/h7-19,26-27H,5-6,20H2,1-4H3/t26-,31+/m1/s1. The number of hydrogen-bond donors (Lipinski definition) is 1. The van der Waals surface area contributed by atoms with Crippen LogP contribution in [0.5, 0.6) is 0 Å². The minimum absolute atomic E-state index is 0.460. The normalized spacial score (nSPS) is 13.9. The van der Waals surface area contributed by atoms with Crippen molar-refractivity contribution in [2.75, 3.05) is 30.9 Å². The van der Waals surface area contributed by atoms with Crippen molar-refractivity contribution in [2.24, 2.45) is 0 Å². The van der Waals surface area contributed by atoms with Crippen molar-refractivity contribution < 1.29 is 9.09 Å². The second kappa shape index (κ2) is 10.7. The van der Waals surface area contributed by atoms with E-state index in [-0.39, 0.29) is 0 Å². The third-order valence-electron chi connectivity index (χ3n) is 5.32. The summed E-state index contributed by atoms with van der Waals surface area (Å²) in [6.45, 7) is 4.63. The molecule has 0 bridgehead atoms. The number of rotatable bonds is 10. The van der Waals surface area contributed by atoms with E-state index >= 15 is 0 Å². The molecule has 0 heterocycles. The first kappa shape index (κ1) is 23.1. The molecule has 0 unspecified atom stereocenters. The smallest absolute Gasteiger partial charge is 0.258 e. The predicted octanol–water partition coefficient (Wildman–Crippen LogP) is 6.59. The molecule has 31 heavy (non-hydrogen) atoms. The van der Waals surface area contributed by atoms with Gasteiger partial charge in [0, 0.05) is 30.8 Å². The molecule has 4 nitrogen and oxygen atoms in total. The van der Waals surface area contributed by atoms with Crippen LogP contribution >= 0.6 is 7.37 Å². The summed E-state index contributed by atoms with van der Waals surface area (Å²) in [5, 5.41) is 4.24. The fourth-order valence-corrected chi connectivity index (χ4v) is 5.85. The van der Waals surface area contributed by atoms with Crippen molar-refractivity contribution in [2.45, 2.75) is 32.5 Å². The van der Waals surface area contributed by atoms with Gasteiger partial charge in [0.15, 0.2) is 0 Å². The molecule has 0 saturated carbocycles. The van der Waals surface area contributed by atoms with Crippen LogP contribution in [0.25, 0.3) is 0 Å². The zero-order valence-corrected chi connectivity index (χ0v) is 19.8. The Labute approximate surface area is 186 Å². The number of aryl methyl sites for hydroxylation is 1. The van der Waals surface area contributed by atoms with E-state index in [9.17, 15) is 4.57 Å². The lowest BCUT2D eigenvalue weighted by Crippen LogP contribution is -2.21. The number of anilines is 2. The Kier molecular flexibility index (Phi) is 7.95. The highest BCUT2D eigenvalue weighted by Crippen LogP contribution is 2.59. The van der Waals surface area contributed by atoms with E-state index in [1.807, 2.05) is 85.7 Å². The highest BCUT2D eigenvalue weighted by Gasteiger charge is 2.37. The minimum atomic E-state index is -3.29. The summed E-state index contributed by atoms with van der Waals surface area (Å²) in [6.07, 6.45) is 1.85. The summed E-state index contributed by atoms with van der Waals surface area (Å²) >= 11 is 0. The molecule has 1 N–H and O–H groups in total. The number of nitrogens with zero attached hydrogens (tertiary/aromatic N) is 1. The Morgan fingerprint density at radius 1 is 0.935 bits per heavy atom. The number of hydrogen-bond acceptors (Lipinski definition) is 4. The van der Waals surface area contributed by atoms with Gasteiger partial charge in [0.25, 0.3) is 7.37 Å². The zero-order chi connectivity index (χ0) is 22.3. The van der Waals surface area contributed by atoms with Crippen LogP contribution in [0.1, 0.15) is 36.7 Å². The number of benzene rings is 3. The third-order valence-corrected chi connectivity index (χ3v) is 8.01. The maximum Gasteiger partial charge on any atom is 0.258 e. The average molecular weight is 437 g/mol. The van der Waals surface area contributed by atoms with Crippen LogP contribution in [-0.2, 0) is 9.09 Å². The van der Waals surface area contributed by atoms with Crippen LogP contribution in [0.15, 0.2) is 78.9 Å². The molecule has 164 valence electrons. The molecule has 0 aliphatic carbocycles. The van der Waals surface area contributed by atoms with E-state index in [2.05, 4.69) is 31.3 Å². The van der Waals surface area contributed by atoms with Gasteiger partial charge in [0.1, 0.15) is 5.78 Å². The summed E-state index contributed by atoms with van der Waals surface area (Å²) in [6, 6.07) is 26.0. The zero-order valence-electron chi connectivity index (χ0n) is 18.9. The van der Waals surface area contributed by atoms with Crippen LogP contribution in [0.2, 0.25) is 0 Å². The first-order valence-corrected chi connectivity index (χ1v) is 12.5. The van der Waals surface area contributed by atoms with Crippen LogP contribution < -0.4 is 15.5 Å².